The summed E-state index contributed by atoms with van der Waals surface area (Å²) in [5, 5.41) is 0. The summed E-state index contributed by atoms with van der Waals surface area (Å²) >= 11 is 2.38. The first kappa shape index (κ1) is 16.3. The molecule has 0 spiro atoms. The average Bonchev–Trinajstić information content (AvgIpc) is 2.51. The number of nitrogens with one attached hydrogen (secondary N) is 1. The van der Waals surface area contributed by atoms with Crippen molar-refractivity contribution in [3.63, 3.8) is 0 Å². The first-order valence-electron chi connectivity index (χ1n) is 7.11. The number of hydrogen-bond acceptors (Lipinski definition) is 3. The van der Waals surface area contributed by atoms with Crippen LogP contribution in [0, 0.1) is 10.5 Å². The van der Waals surface area contributed by atoms with Gasteiger partial charge in [0.05, 0.1) is 12.6 Å². The van der Waals surface area contributed by atoms with Gasteiger partial charge >= 0.3 is 0 Å². The summed E-state index contributed by atoms with van der Waals surface area (Å²) in [5.41, 5.74) is 6.50. The highest BCUT2D eigenvalue weighted by atomic mass is 127. The smallest absolute Gasteiger partial charge is 0.119 e. The molecule has 2 aromatic rings. The van der Waals surface area contributed by atoms with Crippen LogP contribution in [0.5, 0.6) is 5.75 Å². The van der Waals surface area contributed by atoms with Crippen molar-refractivity contribution in [3.05, 3.63) is 62.7 Å². The molecule has 112 valence electrons. The fraction of sp³-hybridized carbons (Fsp3) is 0.294. The van der Waals surface area contributed by atoms with Crippen LogP contribution in [0.3, 0.4) is 0 Å². The van der Waals surface area contributed by atoms with E-state index in [1.54, 1.807) is 0 Å². The number of benzene rings is 2. The molecule has 3 nitrogen and oxygen atoms in total. The van der Waals surface area contributed by atoms with Gasteiger partial charge in [0, 0.05) is 3.57 Å². The maximum Gasteiger partial charge on any atom is 0.119 e. The SMILES string of the molecule is CCCOc1ccc(C(NN)c2cccc(C)c2I)cc1. The second-order valence-electron chi connectivity index (χ2n) is 5.00. The largest absolute Gasteiger partial charge is 0.494 e. The fourth-order valence-corrected chi connectivity index (χ4v) is 2.91. The molecule has 3 N–H and O–H groups in total. The summed E-state index contributed by atoms with van der Waals surface area (Å²) in [5.74, 6) is 6.69. The van der Waals surface area contributed by atoms with E-state index < -0.39 is 0 Å². The third-order valence-electron chi connectivity index (χ3n) is 3.39. The van der Waals surface area contributed by atoms with Crippen molar-refractivity contribution in [3.8, 4) is 5.75 Å². The quantitative estimate of drug-likeness (QED) is 0.442. The van der Waals surface area contributed by atoms with E-state index >= 15 is 0 Å². The Morgan fingerprint density at radius 1 is 1.19 bits per heavy atom. The highest BCUT2D eigenvalue weighted by molar-refractivity contribution is 14.1. The lowest BCUT2D eigenvalue weighted by Gasteiger charge is -2.19. The van der Waals surface area contributed by atoms with E-state index in [0.29, 0.717) is 0 Å². The number of halogens is 1. The third kappa shape index (κ3) is 3.96. The Kier molecular flexibility index (Phi) is 6.02. The molecule has 21 heavy (non-hydrogen) atoms. The van der Waals surface area contributed by atoms with Crippen molar-refractivity contribution < 1.29 is 4.74 Å². The predicted octanol–water partition coefficient (Wildman–Crippen LogP) is 3.94. The van der Waals surface area contributed by atoms with Gasteiger partial charge in [0.1, 0.15) is 5.75 Å². The van der Waals surface area contributed by atoms with Gasteiger partial charge in [-0.25, -0.2) is 5.43 Å². The van der Waals surface area contributed by atoms with Gasteiger partial charge in [-0.05, 0) is 64.8 Å². The molecule has 0 aliphatic carbocycles. The van der Waals surface area contributed by atoms with Crippen molar-refractivity contribution in [2.75, 3.05) is 6.61 Å². The van der Waals surface area contributed by atoms with E-state index in [2.05, 4.69) is 72.2 Å². The topological polar surface area (TPSA) is 47.3 Å². The Labute approximate surface area is 140 Å². The van der Waals surface area contributed by atoms with Crippen LogP contribution in [0.4, 0.5) is 0 Å². The molecule has 0 aromatic heterocycles. The molecule has 1 atom stereocenters. The Morgan fingerprint density at radius 3 is 2.52 bits per heavy atom. The minimum atomic E-state index is -0.0166. The molecule has 0 amide bonds. The van der Waals surface area contributed by atoms with Crippen molar-refractivity contribution in [2.24, 2.45) is 5.84 Å². The minimum Gasteiger partial charge on any atom is -0.494 e. The van der Waals surface area contributed by atoms with Gasteiger partial charge < -0.3 is 4.74 Å². The average molecular weight is 396 g/mol. The highest BCUT2D eigenvalue weighted by Gasteiger charge is 2.16. The van der Waals surface area contributed by atoms with E-state index in [1.807, 2.05) is 12.1 Å². The molecule has 0 aliphatic heterocycles. The molecular formula is C17H21IN2O. The number of hydrazine groups is 1. The van der Waals surface area contributed by atoms with Crippen LogP contribution in [-0.4, -0.2) is 6.61 Å². The van der Waals surface area contributed by atoms with Gasteiger partial charge in [-0.3, -0.25) is 5.84 Å². The van der Waals surface area contributed by atoms with Crippen LogP contribution in [0.1, 0.15) is 36.1 Å². The summed E-state index contributed by atoms with van der Waals surface area (Å²) in [6, 6.07) is 14.4. The van der Waals surface area contributed by atoms with Crippen molar-refractivity contribution >= 4 is 22.6 Å². The van der Waals surface area contributed by atoms with Crippen molar-refractivity contribution in [1.82, 2.24) is 5.43 Å². The van der Waals surface area contributed by atoms with E-state index in [9.17, 15) is 0 Å². The van der Waals surface area contributed by atoms with Crippen LogP contribution in [0.15, 0.2) is 42.5 Å². The summed E-state index contributed by atoms with van der Waals surface area (Å²) in [7, 11) is 0. The molecule has 2 aromatic carbocycles. The normalized spacial score (nSPS) is 12.2. The second-order valence-corrected chi connectivity index (χ2v) is 6.07. The van der Waals surface area contributed by atoms with Crippen LogP contribution < -0.4 is 16.0 Å². The van der Waals surface area contributed by atoms with Crippen molar-refractivity contribution in [1.29, 1.82) is 0 Å². The summed E-state index contributed by atoms with van der Waals surface area (Å²) < 4.78 is 6.86. The van der Waals surface area contributed by atoms with E-state index in [1.165, 1.54) is 14.7 Å². The zero-order valence-corrected chi connectivity index (χ0v) is 14.6. The maximum absolute atomic E-state index is 5.79. The summed E-state index contributed by atoms with van der Waals surface area (Å²) in [6.45, 7) is 4.96. The Bertz CT molecular complexity index is 584. The molecule has 0 heterocycles. The zero-order chi connectivity index (χ0) is 15.2. The second kappa shape index (κ2) is 7.77. The number of aryl methyl sites for hydroxylation is 1. The molecule has 0 radical (unpaired) electrons. The maximum atomic E-state index is 5.79. The fourth-order valence-electron chi connectivity index (χ4n) is 2.24. The molecule has 0 saturated carbocycles. The molecule has 4 heteroatoms. The van der Waals surface area contributed by atoms with Gasteiger partial charge in [-0.1, -0.05) is 37.3 Å². The van der Waals surface area contributed by atoms with Gasteiger partial charge in [0.2, 0.25) is 0 Å². The molecule has 1 unspecified atom stereocenters. The minimum absolute atomic E-state index is 0.0166. The monoisotopic (exact) mass is 396 g/mol. The zero-order valence-electron chi connectivity index (χ0n) is 12.4. The van der Waals surface area contributed by atoms with Crippen LogP contribution >= 0.6 is 22.6 Å². The lowest BCUT2D eigenvalue weighted by molar-refractivity contribution is 0.317. The number of ether oxygens (including phenoxy) is 1. The molecule has 0 bridgehead atoms. The van der Waals surface area contributed by atoms with Gasteiger partial charge in [-0.2, -0.15) is 0 Å². The molecular weight excluding hydrogens is 375 g/mol. The van der Waals surface area contributed by atoms with E-state index in [-0.39, 0.29) is 6.04 Å². The lowest BCUT2D eigenvalue weighted by Crippen LogP contribution is -2.29. The van der Waals surface area contributed by atoms with Crippen LogP contribution in [0.25, 0.3) is 0 Å². The predicted molar refractivity (Wildman–Crippen MR) is 95.3 cm³/mol. The van der Waals surface area contributed by atoms with Crippen LogP contribution in [0.2, 0.25) is 0 Å². The van der Waals surface area contributed by atoms with E-state index in [0.717, 1.165) is 24.3 Å². The van der Waals surface area contributed by atoms with Crippen LogP contribution in [-0.2, 0) is 0 Å². The van der Waals surface area contributed by atoms with Gasteiger partial charge in [-0.15, -0.1) is 0 Å². The standard InChI is InChI=1S/C17H21IN2O/c1-3-11-21-14-9-7-13(8-10-14)17(20-19)15-6-4-5-12(2)16(15)18/h4-10,17,20H,3,11,19H2,1-2H3. The number of hydrogen-bond donors (Lipinski definition) is 2. The molecule has 0 saturated heterocycles. The third-order valence-corrected chi connectivity index (χ3v) is 4.86. The molecule has 0 fully saturated rings. The first-order chi connectivity index (χ1) is 10.2. The summed E-state index contributed by atoms with van der Waals surface area (Å²) in [4.78, 5) is 0. The number of nitrogens with two attached hydrogens (primary N) is 1. The first-order valence-corrected chi connectivity index (χ1v) is 8.19. The van der Waals surface area contributed by atoms with Gasteiger partial charge in [0.25, 0.3) is 0 Å². The highest BCUT2D eigenvalue weighted by Crippen LogP contribution is 2.28. The lowest BCUT2D eigenvalue weighted by atomic mass is 9.98. The molecule has 2 rings (SSSR count). The number of rotatable bonds is 6. The Hall–Kier alpha value is -1.11. The Balaban J connectivity index is 2.27. The Morgan fingerprint density at radius 2 is 1.90 bits per heavy atom. The van der Waals surface area contributed by atoms with Crippen molar-refractivity contribution in [2.45, 2.75) is 26.3 Å². The molecule has 0 aliphatic rings. The van der Waals surface area contributed by atoms with Gasteiger partial charge in [0.15, 0.2) is 0 Å². The summed E-state index contributed by atoms with van der Waals surface area (Å²) in [6.07, 6.45) is 1.01. The van der Waals surface area contributed by atoms with E-state index in [4.69, 9.17) is 10.6 Å².